The minimum atomic E-state index is 0. The Bertz CT molecular complexity index is 633. The predicted octanol–water partition coefficient (Wildman–Crippen LogP) is 3.64. The average molecular weight is 461 g/mol. The van der Waals surface area contributed by atoms with Crippen molar-refractivity contribution in [2.24, 2.45) is 4.99 Å². The molecule has 0 saturated heterocycles. The van der Waals surface area contributed by atoms with Crippen molar-refractivity contribution in [2.45, 2.75) is 20.0 Å². The molecule has 1 aromatic heterocycles. The molecule has 0 radical (unpaired) electrons. The summed E-state index contributed by atoms with van der Waals surface area (Å²) >= 11 is 1.69. The van der Waals surface area contributed by atoms with Gasteiger partial charge in [-0.3, -0.25) is 4.99 Å². The molecule has 0 fully saturated rings. The number of nitrogens with zero attached hydrogens (tertiary/aromatic N) is 1. The van der Waals surface area contributed by atoms with Crippen LogP contribution in [0.4, 0.5) is 0 Å². The standard InChI is InChI=1S/C17H23N3O2S.HI/c1-4-22-15-6-5-13(9-16(15)21-3)10-19-17(18-2)20-11-14-7-8-23-12-14;/h5-9,12H,4,10-11H2,1-3H3,(H2,18,19,20);1H. The molecule has 5 nitrogen and oxygen atoms in total. The molecule has 0 amide bonds. The Morgan fingerprint density at radius 1 is 1.12 bits per heavy atom. The Morgan fingerprint density at radius 3 is 2.46 bits per heavy atom. The molecule has 24 heavy (non-hydrogen) atoms. The molecule has 2 N–H and O–H groups in total. The fourth-order valence-corrected chi connectivity index (χ4v) is 2.75. The molecule has 0 atom stereocenters. The topological polar surface area (TPSA) is 54.9 Å². The van der Waals surface area contributed by atoms with E-state index in [-0.39, 0.29) is 24.0 Å². The van der Waals surface area contributed by atoms with Gasteiger partial charge < -0.3 is 20.1 Å². The van der Waals surface area contributed by atoms with Crippen molar-refractivity contribution in [2.75, 3.05) is 20.8 Å². The highest BCUT2D eigenvalue weighted by atomic mass is 127. The third-order valence-corrected chi connectivity index (χ3v) is 3.98. The molecule has 2 rings (SSSR count). The highest BCUT2D eigenvalue weighted by molar-refractivity contribution is 14.0. The van der Waals surface area contributed by atoms with Crippen LogP contribution >= 0.6 is 35.3 Å². The van der Waals surface area contributed by atoms with Gasteiger partial charge in [-0.2, -0.15) is 11.3 Å². The summed E-state index contributed by atoms with van der Waals surface area (Å²) in [7, 11) is 3.41. The smallest absolute Gasteiger partial charge is 0.191 e. The van der Waals surface area contributed by atoms with Crippen molar-refractivity contribution in [1.29, 1.82) is 0 Å². The molecule has 0 spiro atoms. The zero-order chi connectivity index (χ0) is 16.5. The molecule has 132 valence electrons. The summed E-state index contributed by atoms with van der Waals surface area (Å²) in [6.07, 6.45) is 0. The van der Waals surface area contributed by atoms with Crippen molar-refractivity contribution >= 4 is 41.3 Å². The SMILES string of the molecule is CCOc1ccc(CNC(=NC)NCc2ccsc2)cc1OC.I. The van der Waals surface area contributed by atoms with Gasteiger partial charge in [0.05, 0.1) is 13.7 Å². The van der Waals surface area contributed by atoms with Crippen LogP contribution < -0.4 is 20.1 Å². The number of aliphatic imine (C=N–C) groups is 1. The van der Waals surface area contributed by atoms with Crippen molar-refractivity contribution in [3.63, 3.8) is 0 Å². The van der Waals surface area contributed by atoms with Gasteiger partial charge in [0, 0.05) is 20.1 Å². The first kappa shape index (κ1) is 20.6. The Hall–Kier alpha value is -1.48. The first-order valence-electron chi connectivity index (χ1n) is 7.52. The van der Waals surface area contributed by atoms with Gasteiger partial charge in [0.25, 0.3) is 0 Å². The van der Waals surface area contributed by atoms with Gasteiger partial charge >= 0.3 is 0 Å². The predicted molar refractivity (Wildman–Crippen MR) is 111 cm³/mol. The molecular weight excluding hydrogens is 437 g/mol. The quantitative estimate of drug-likeness (QED) is 0.376. The average Bonchev–Trinajstić information content (AvgIpc) is 3.09. The van der Waals surface area contributed by atoms with E-state index in [0.717, 1.165) is 29.6 Å². The second kappa shape index (κ2) is 11.1. The number of ether oxygens (including phenoxy) is 2. The zero-order valence-corrected chi connectivity index (χ0v) is 17.3. The number of hydrogen-bond donors (Lipinski definition) is 2. The molecular formula is C17H24IN3O2S. The first-order valence-corrected chi connectivity index (χ1v) is 8.46. The van der Waals surface area contributed by atoms with E-state index >= 15 is 0 Å². The Morgan fingerprint density at radius 2 is 1.88 bits per heavy atom. The summed E-state index contributed by atoms with van der Waals surface area (Å²) in [6.45, 7) is 3.99. The van der Waals surface area contributed by atoms with Gasteiger partial charge in [-0.05, 0) is 47.0 Å². The monoisotopic (exact) mass is 461 g/mol. The van der Waals surface area contributed by atoms with E-state index < -0.39 is 0 Å². The lowest BCUT2D eigenvalue weighted by Crippen LogP contribution is -2.36. The summed E-state index contributed by atoms with van der Waals surface area (Å²) in [5.74, 6) is 2.27. The van der Waals surface area contributed by atoms with Crippen LogP contribution in [0.3, 0.4) is 0 Å². The fourth-order valence-electron chi connectivity index (χ4n) is 2.08. The molecule has 2 aromatic rings. The molecule has 0 aliphatic carbocycles. The van der Waals surface area contributed by atoms with E-state index in [9.17, 15) is 0 Å². The van der Waals surface area contributed by atoms with E-state index in [0.29, 0.717) is 13.2 Å². The van der Waals surface area contributed by atoms with Crippen LogP contribution in [0, 0.1) is 0 Å². The number of benzene rings is 1. The third kappa shape index (κ3) is 6.20. The molecule has 0 unspecified atom stereocenters. The Balaban J connectivity index is 0.00000288. The molecule has 1 heterocycles. The van der Waals surface area contributed by atoms with Crippen molar-refractivity contribution in [3.8, 4) is 11.5 Å². The van der Waals surface area contributed by atoms with E-state index in [2.05, 4.69) is 32.5 Å². The van der Waals surface area contributed by atoms with E-state index in [4.69, 9.17) is 9.47 Å². The second-order valence-electron chi connectivity index (χ2n) is 4.83. The normalized spacial score (nSPS) is 10.7. The summed E-state index contributed by atoms with van der Waals surface area (Å²) in [5, 5.41) is 10.8. The van der Waals surface area contributed by atoms with E-state index in [1.54, 1.807) is 25.5 Å². The summed E-state index contributed by atoms with van der Waals surface area (Å²) in [5.41, 5.74) is 2.35. The maximum Gasteiger partial charge on any atom is 0.191 e. The van der Waals surface area contributed by atoms with Gasteiger partial charge in [-0.15, -0.1) is 24.0 Å². The molecule has 0 aliphatic rings. The molecule has 0 saturated carbocycles. The van der Waals surface area contributed by atoms with Crippen LogP contribution in [0.5, 0.6) is 11.5 Å². The molecule has 0 aliphatic heterocycles. The third-order valence-electron chi connectivity index (χ3n) is 3.25. The van der Waals surface area contributed by atoms with Crippen LogP contribution in [0.2, 0.25) is 0 Å². The minimum absolute atomic E-state index is 0. The van der Waals surface area contributed by atoms with Crippen molar-refractivity contribution in [1.82, 2.24) is 10.6 Å². The first-order chi connectivity index (χ1) is 11.3. The number of hydrogen-bond acceptors (Lipinski definition) is 4. The number of thiophene rings is 1. The van der Waals surface area contributed by atoms with Crippen LogP contribution in [-0.4, -0.2) is 26.7 Å². The lowest BCUT2D eigenvalue weighted by Gasteiger charge is -2.13. The van der Waals surface area contributed by atoms with Crippen LogP contribution in [0.1, 0.15) is 18.1 Å². The number of guanidine groups is 1. The summed E-state index contributed by atoms with van der Waals surface area (Å²) in [4.78, 5) is 4.23. The fraction of sp³-hybridized carbons (Fsp3) is 0.353. The number of methoxy groups -OCH3 is 1. The zero-order valence-electron chi connectivity index (χ0n) is 14.2. The van der Waals surface area contributed by atoms with Crippen molar-refractivity contribution in [3.05, 3.63) is 46.2 Å². The maximum absolute atomic E-state index is 5.53. The second-order valence-corrected chi connectivity index (χ2v) is 5.61. The Labute approximate surface area is 164 Å². The summed E-state index contributed by atoms with van der Waals surface area (Å²) in [6, 6.07) is 8.03. The Kier molecular flexibility index (Phi) is 9.55. The molecule has 1 aromatic carbocycles. The van der Waals surface area contributed by atoms with E-state index in [1.165, 1.54) is 5.56 Å². The van der Waals surface area contributed by atoms with Gasteiger partial charge in [-0.1, -0.05) is 6.07 Å². The summed E-state index contributed by atoms with van der Waals surface area (Å²) < 4.78 is 10.9. The van der Waals surface area contributed by atoms with Gasteiger partial charge in [0.15, 0.2) is 17.5 Å². The van der Waals surface area contributed by atoms with Crippen LogP contribution in [0.15, 0.2) is 40.0 Å². The largest absolute Gasteiger partial charge is 0.493 e. The lowest BCUT2D eigenvalue weighted by molar-refractivity contribution is 0.310. The lowest BCUT2D eigenvalue weighted by atomic mass is 10.2. The van der Waals surface area contributed by atoms with Crippen LogP contribution in [0.25, 0.3) is 0 Å². The minimum Gasteiger partial charge on any atom is -0.493 e. The van der Waals surface area contributed by atoms with Crippen molar-refractivity contribution < 1.29 is 9.47 Å². The van der Waals surface area contributed by atoms with E-state index in [1.807, 2.05) is 25.1 Å². The van der Waals surface area contributed by atoms with Gasteiger partial charge in [0.2, 0.25) is 0 Å². The number of nitrogens with one attached hydrogen (secondary N) is 2. The van der Waals surface area contributed by atoms with Gasteiger partial charge in [0.1, 0.15) is 0 Å². The van der Waals surface area contributed by atoms with Crippen LogP contribution in [-0.2, 0) is 13.1 Å². The maximum atomic E-state index is 5.53. The number of halogens is 1. The highest BCUT2D eigenvalue weighted by Gasteiger charge is 2.06. The number of rotatable bonds is 7. The van der Waals surface area contributed by atoms with Gasteiger partial charge in [-0.25, -0.2) is 0 Å². The molecule has 7 heteroatoms. The highest BCUT2D eigenvalue weighted by Crippen LogP contribution is 2.27. The molecule has 0 bridgehead atoms.